The number of aromatic amines is 1. The van der Waals surface area contributed by atoms with Crippen LogP contribution in [0.5, 0.6) is 0 Å². The lowest BCUT2D eigenvalue weighted by molar-refractivity contribution is -0.132. The number of para-hydroxylation sites is 1. The number of amides is 8. The fourth-order valence-electron chi connectivity index (χ4n) is 5.71. The summed E-state index contributed by atoms with van der Waals surface area (Å²) >= 11 is 0. The summed E-state index contributed by atoms with van der Waals surface area (Å²) in [5.74, 6) is -3.83. The number of carbonyl (C=O) groups excluding carboxylic acids is 8. The average molecular weight is 818 g/mol. The minimum absolute atomic E-state index is 0.0203. The highest BCUT2D eigenvalue weighted by molar-refractivity contribution is 5.95. The van der Waals surface area contributed by atoms with E-state index in [0.29, 0.717) is 18.4 Å². The van der Waals surface area contributed by atoms with Crippen LogP contribution in [0.15, 0.2) is 59.8 Å². The molecular formula is C38H51N13O8. The van der Waals surface area contributed by atoms with E-state index in [2.05, 4.69) is 53.1 Å². The number of rotatable bonds is 24. The van der Waals surface area contributed by atoms with Crippen molar-refractivity contribution in [2.75, 3.05) is 32.7 Å². The summed E-state index contributed by atoms with van der Waals surface area (Å²) in [5, 5.41) is 17.8. The van der Waals surface area contributed by atoms with Gasteiger partial charge in [0.1, 0.15) is 18.1 Å². The average Bonchev–Trinajstić information content (AvgIpc) is 3.87. The highest BCUT2D eigenvalue weighted by Crippen LogP contribution is 2.19. The number of nitrogens with one attached hydrogen (secondary N) is 8. The molecule has 1 heterocycles. The molecule has 21 heteroatoms. The number of terminal acetylenes is 1. The fraction of sp³-hybridized carbons (Fsp3) is 0.395. The number of hydrogen-bond acceptors (Lipinski definition) is 10. The van der Waals surface area contributed by atoms with Crippen LogP contribution in [0.2, 0.25) is 0 Å². The molecule has 1 aromatic carbocycles. The second-order valence-corrected chi connectivity index (χ2v) is 13.4. The Morgan fingerprint density at radius 3 is 1.92 bits per heavy atom. The first kappa shape index (κ1) is 46.2. The van der Waals surface area contributed by atoms with Gasteiger partial charge in [-0.15, -0.1) is 12.3 Å². The molecule has 21 nitrogen and oxygen atoms in total. The summed E-state index contributed by atoms with van der Waals surface area (Å²) in [6.45, 7) is -2.09. The van der Waals surface area contributed by atoms with Crippen LogP contribution in [0.4, 0.5) is 0 Å². The van der Waals surface area contributed by atoms with E-state index >= 15 is 0 Å². The molecule has 0 bridgehead atoms. The maximum atomic E-state index is 13.3. The van der Waals surface area contributed by atoms with Gasteiger partial charge in [-0.3, -0.25) is 43.3 Å². The second-order valence-electron chi connectivity index (χ2n) is 13.4. The SMILES string of the molecule is C#CC[C@H](NC(=O)CNC(=O)CNC(=O)[C@H](Cc1c[nH]c2ccccc12)NC(=O)CNC(=O)CNC(=O)[C@H](CCCN=C(N)N)NC(=O)[C@@H](N)CC1C=CC=C1)C(N)=O. The van der Waals surface area contributed by atoms with Crippen molar-refractivity contribution in [1.29, 1.82) is 0 Å². The Morgan fingerprint density at radius 2 is 1.32 bits per heavy atom. The van der Waals surface area contributed by atoms with E-state index in [1.165, 1.54) is 0 Å². The molecule has 8 amide bonds. The van der Waals surface area contributed by atoms with E-state index in [-0.39, 0.29) is 37.7 Å². The maximum absolute atomic E-state index is 13.3. The fourth-order valence-corrected chi connectivity index (χ4v) is 5.71. The predicted molar refractivity (Wildman–Crippen MR) is 217 cm³/mol. The molecule has 1 aromatic heterocycles. The number of guanidine groups is 1. The van der Waals surface area contributed by atoms with Crippen molar-refractivity contribution in [1.82, 2.24) is 42.2 Å². The van der Waals surface area contributed by atoms with Crippen LogP contribution in [-0.2, 0) is 44.8 Å². The van der Waals surface area contributed by atoms with Crippen LogP contribution < -0.4 is 60.2 Å². The lowest BCUT2D eigenvalue weighted by atomic mass is 10.0. The van der Waals surface area contributed by atoms with Gasteiger partial charge in [-0.2, -0.15) is 0 Å². The number of allylic oxidation sites excluding steroid dienone is 4. The Hall–Kier alpha value is -7.21. The van der Waals surface area contributed by atoms with Gasteiger partial charge in [0.15, 0.2) is 5.96 Å². The highest BCUT2D eigenvalue weighted by Gasteiger charge is 2.27. The molecule has 0 saturated heterocycles. The quantitative estimate of drug-likeness (QED) is 0.0208. The van der Waals surface area contributed by atoms with E-state index in [4.69, 9.17) is 29.4 Å². The zero-order valence-corrected chi connectivity index (χ0v) is 32.3. The summed E-state index contributed by atoms with van der Waals surface area (Å²) in [7, 11) is 0. The molecule has 59 heavy (non-hydrogen) atoms. The lowest BCUT2D eigenvalue weighted by Crippen LogP contribution is -2.54. The molecule has 3 rings (SSSR count). The molecule has 4 atom stereocenters. The Morgan fingerprint density at radius 1 is 0.746 bits per heavy atom. The molecule has 316 valence electrons. The Balaban J connectivity index is 1.56. The van der Waals surface area contributed by atoms with E-state index in [9.17, 15) is 38.4 Å². The van der Waals surface area contributed by atoms with Crippen LogP contribution in [-0.4, -0.2) is 115 Å². The van der Waals surface area contributed by atoms with Gasteiger partial charge in [-0.1, -0.05) is 42.5 Å². The standard InChI is InChI=1S/C38H51N13O8/c1-2-8-27(34(40)56)49-32(54)20-45-31(53)19-48-37(59)29(16-23-17-44-26-12-6-5-11-24(23)26)50-33(55)21-46-30(52)18-47-36(58)28(13-7-14-43-38(41)42)51-35(57)25(39)15-22-9-3-4-10-22/h1,3-6,9-12,17,22,25,27-29,44H,7-8,13-16,18-21,39H2,(H2,40,56)(H,45,53)(H,46,52)(H,47,58)(H,48,59)(H,49,54)(H,50,55)(H,51,57)(H4,41,42,43)/t25-,27-,28-,29-/m0/s1. The number of aliphatic imine (C=N–C) groups is 1. The van der Waals surface area contributed by atoms with Gasteiger partial charge in [0.25, 0.3) is 0 Å². The number of primary amides is 1. The normalized spacial score (nSPS) is 13.8. The van der Waals surface area contributed by atoms with Gasteiger partial charge in [-0.25, -0.2) is 0 Å². The van der Waals surface area contributed by atoms with Crippen molar-refractivity contribution in [2.45, 2.75) is 56.3 Å². The number of hydrogen-bond donors (Lipinski definition) is 12. The highest BCUT2D eigenvalue weighted by atomic mass is 16.2. The first-order chi connectivity index (χ1) is 28.2. The number of carbonyl (C=O) groups is 8. The zero-order valence-electron chi connectivity index (χ0n) is 32.3. The number of fused-ring (bicyclic) bond motifs is 1. The third-order valence-electron chi connectivity index (χ3n) is 8.76. The first-order valence-corrected chi connectivity index (χ1v) is 18.6. The summed E-state index contributed by atoms with van der Waals surface area (Å²) < 4.78 is 0. The minimum atomic E-state index is -1.23. The number of H-pyrrole nitrogens is 1. The second kappa shape index (κ2) is 23.8. The van der Waals surface area contributed by atoms with Gasteiger partial charge in [-0.05, 0) is 36.8 Å². The van der Waals surface area contributed by atoms with Crippen LogP contribution in [0.1, 0.15) is 31.2 Å². The van der Waals surface area contributed by atoms with Crippen LogP contribution in [0.25, 0.3) is 10.9 Å². The topological polar surface area (TPSA) is 353 Å². The summed E-state index contributed by atoms with van der Waals surface area (Å²) in [4.78, 5) is 108. The lowest BCUT2D eigenvalue weighted by Gasteiger charge is -2.21. The molecule has 1 aliphatic rings. The van der Waals surface area contributed by atoms with Crippen molar-refractivity contribution in [3.8, 4) is 12.3 Å². The van der Waals surface area contributed by atoms with Crippen LogP contribution in [0.3, 0.4) is 0 Å². The van der Waals surface area contributed by atoms with Gasteiger partial charge in [0.2, 0.25) is 47.3 Å². The predicted octanol–water partition coefficient (Wildman–Crippen LogP) is -4.35. The molecule has 16 N–H and O–H groups in total. The molecular weight excluding hydrogens is 767 g/mol. The van der Waals surface area contributed by atoms with Crippen molar-refractivity contribution < 1.29 is 38.4 Å². The number of aromatic nitrogens is 1. The molecule has 0 saturated carbocycles. The van der Waals surface area contributed by atoms with Gasteiger partial charge in [0.05, 0.1) is 32.2 Å². The molecule has 0 fully saturated rings. The van der Waals surface area contributed by atoms with Crippen molar-refractivity contribution in [3.63, 3.8) is 0 Å². The smallest absolute Gasteiger partial charge is 0.243 e. The molecule has 0 unspecified atom stereocenters. The van der Waals surface area contributed by atoms with Gasteiger partial charge < -0.3 is 65.1 Å². The third kappa shape index (κ3) is 16.4. The minimum Gasteiger partial charge on any atom is -0.370 e. The van der Waals surface area contributed by atoms with E-state index in [1.807, 2.05) is 42.5 Å². The van der Waals surface area contributed by atoms with E-state index in [1.54, 1.807) is 12.3 Å². The number of nitrogens with two attached hydrogens (primary N) is 4. The van der Waals surface area contributed by atoms with Crippen molar-refractivity contribution >= 4 is 64.1 Å². The Kier molecular flexibility index (Phi) is 18.6. The van der Waals surface area contributed by atoms with Crippen LogP contribution >= 0.6 is 0 Å². The monoisotopic (exact) mass is 817 g/mol. The summed E-state index contributed by atoms with van der Waals surface area (Å²) in [6.07, 6.45) is 14.9. The molecule has 0 spiro atoms. The van der Waals surface area contributed by atoms with E-state index < -0.39 is 97.6 Å². The number of benzene rings is 1. The molecule has 0 radical (unpaired) electrons. The van der Waals surface area contributed by atoms with E-state index in [0.717, 1.165) is 10.9 Å². The van der Waals surface area contributed by atoms with Crippen LogP contribution in [0, 0.1) is 18.3 Å². The number of nitrogens with zero attached hydrogens (tertiary/aromatic N) is 1. The summed E-state index contributed by atoms with van der Waals surface area (Å²) in [5.41, 5.74) is 23.5. The zero-order chi connectivity index (χ0) is 43.3. The van der Waals surface area contributed by atoms with Crippen molar-refractivity contribution in [2.24, 2.45) is 33.8 Å². The largest absolute Gasteiger partial charge is 0.370 e. The van der Waals surface area contributed by atoms with Crippen molar-refractivity contribution in [3.05, 3.63) is 60.3 Å². The summed E-state index contributed by atoms with van der Waals surface area (Å²) in [6, 6.07) is 2.90. The molecule has 0 aliphatic heterocycles. The third-order valence-corrected chi connectivity index (χ3v) is 8.76. The Labute approximate surface area is 339 Å². The van der Waals surface area contributed by atoms with Gasteiger partial charge in [0, 0.05) is 36.5 Å². The molecule has 2 aromatic rings. The molecule has 1 aliphatic carbocycles. The Bertz CT molecular complexity index is 1970. The van der Waals surface area contributed by atoms with Gasteiger partial charge >= 0.3 is 0 Å². The first-order valence-electron chi connectivity index (χ1n) is 18.6. The maximum Gasteiger partial charge on any atom is 0.243 e.